The second-order valence-corrected chi connectivity index (χ2v) is 5.44. The van der Waals surface area contributed by atoms with E-state index in [1.807, 2.05) is 30.7 Å². The van der Waals surface area contributed by atoms with E-state index in [0.717, 1.165) is 17.7 Å². The number of rotatable bonds is 4. The topological polar surface area (TPSA) is 45.8 Å². The summed E-state index contributed by atoms with van der Waals surface area (Å²) in [5.41, 5.74) is 1.70. The van der Waals surface area contributed by atoms with Gasteiger partial charge in [-0.3, -0.25) is 4.79 Å². The summed E-state index contributed by atoms with van der Waals surface area (Å²) in [5.74, 6) is 0. The minimum atomic E-state index is -0.00500. The maximum atomic E-state index is 12.0. The lowest BCUT2D eigenvalue weighted by atomic mass is 10.1. The summed E-state index contributed by atoms with van der Waals surface area (Å²) in [4.78, 5) is 20.5. The Hall–Kier alpha value is -1.07. The van der Waals surface area contributed by atoms with Gasteiger partial charge in [-0.1, -0.05) is 24.8 Å². The quantitative estimate of drug-likeness (QED) is 0.683. The van der Waals surface area contributed by atoms with Crippen molar-refractivity contribution in [3.8, 4) is 0 Å². The van der Waals surface area contributed by atoms with Crippen molar-refractivity contribution >= 4 is 23.1 Å². The van der Waals surface area contributed by atoms with Crippen molar-refractivity contribution in [3.63, 3.8) is 0 Å². The van der Waals surface area contributed by atoms with Crippen molar-refractivity contribution in [2.75, 3.05) is 6.26 Å². The molecular weight excluding hydrogens is 252 g/mol. The largest absolute Gasteiger partial charge is 0.301 e. The Bertz CT molecular complexity index is 546. The van der Waals surface area contributed by atoms with Gasteiger partial charge in [-0.15, -0.1) is 11.3 Å². The second-order valence-electron chi connectivity index (χ2n) is 3.61. The number of thiophene rings is 1. The van der Waals surface area contributed by atoms with Crippen LogP contribution in [0.1, 0.15) is 23.1 Å². The van der Waals surface area contributed by atoms with Gasteiger partial charge in [-0.25, -0.2) is 4.98 Å². The summed E-state index contributed by atoms with van der Waals surface area (Å²) in [6.45, 7) is 2.03. The highest BCUT2D eigenvalue weighted by Gasteiger charge is 2.11. The predicted octanol–water partition coefficient (Wildman–Crippen LogP) is 2.71. The number of H-pyrrole nitrogens is 1. The van der Waals surface area contributed by atoms with Crippen LogP contribution in [-0.2, 0) is 12.8 Å². The predicted molar refractivity (Wildman–Crippen MR) is 73.1 cm³/mol. The standard InChI is InChI=1S/C12H14N2OS2/c1-3-10-9(7-8-5-4-6-17-8)11(15)14-12(13-10)16-2/h4-6H,3,7H2,1-2H3,(H,13,14,15). The van der Waals surface area contributed by atoms with Crippen molar-refractivity contribution in [1.29, 1.82) is 0 Å². The van der Waals surface area contributed by atoms with Crippen molar-refractivity contribution in [2.24, 2.45) is 0 Å². The average Bonchev–Trinajstić information content (AvgIpc) is 2.84. The van der Waals surface area contributed by atoms with Gasteiger partial charge in [0.25, 0.3) is 5.56 Å². The molecular formula is C12H14N2OS2. The van der Waals surface area contributed by atoms with E-state index in [9.17, 15) is 4.79 Å². The molecule has 1 N–H and O–H groups in total. The third-order valence-electron chi connectivity index (χ3n) is 2.54. The number of nitrogens with one attached hydrogen (secondary N) is 1. The van der Waals surface area contributed by atoms with Crippen LogP contribution in [0.5, 0.6) is 0 Å². The zero-order valence-corrected chi connectivity index (χ0v) is 11.5. The van der Waals surface area contributed by atoms with Crippen LogP contribution in [0.15, 0.2) is 27.5 Å². The van der Waals surface area contributed by atoms with Gasteiger partial charge in [-0.2, -0.15) is 0 Å². The molecule has 5 heteroatoms. The molecule has 2 rings (SSSR count). The summed E-state index contributed by atoms with van der Waals surface area (Å²) in [6.07, 6.45) is 3.38. The molecule has 0 aliphatic rings. The minimum Gasteiger partial charge on any atom is -0.301 e. The molecule has 2 aromatic heterocycles. The first-order chi connectivity index (χ1) is 8.24. The Morgan fingerprint density at radius 1 is 1.53 bits per heavy atom. The molecule has 0 fully saturated rings. The van der Waals surface area contributed by atoms with Crippen molar-refractivity contribution in [3.05, 3.63) is 44.0 Å². The molecule has 0 aliphatic carbocycles. The molecule has 0 bridgehead atoms. The monoisotopic (exact) mass is 266 g/mol. The lowest BCUT2D eigenvalue weighted by Crippen LogP contribution is -2.18. The van der Waals surface area contributed by atoms with Gasteiger partial charge < -0.3 is 4.98 Å². The van der Waals surface area contributed by atoms with E-state index in [1.165, 1.54) is 16.6 Å². The van der Waals surface area contributed by atoms with Crippen LogP contribution >= 0.6 is 23.1 Å². The first-order valence-corrected chi connectivity index (χ1v) is 7.53. The van der Waals surface area contributed by atoms with E-state index >= 15 is 0 Å². The van der Waals surface area contributed by atoms with Crippen molar-refractivity contribution in [1.82, 2.24) is 9.97 Å². The fraction of sp³-hybridized carbons (Fsp3) is 0.333. The Labute approximate surface area is 108 Å². The highest BCUT2D eigenvalue weighted by molar-refractivity contribution is 7.98. The van der Waals surface area contributed by atoms with Crippen LogP contribution in [0.25, 0.3) is 0 Å². The molecule has 2 heterocycles. The summed E-state index contributed by atoms with van der Waals surface area (Å²) in [7, 11) is 0. The summed E-state index contributed by atoms with van der Waals surface area (Å²) < 4.78 is 0. The first kappa shape index (κ1) is 12.4. The van der Waals surface area contributed by atoms with E-state index in [-0.39, 0.29) is 5.56 Å². The molecule has 0 amide bonds. The molecule has 0 saturated heterocycles. The van der Waals surface area contributed by atoms with E-state index in [4.69, 9.17) is 0 Å². The third-order valence-corrected chi connectivity index (χ3v) is 4.00. The Morgan fingerprint density at radius 3 is 2.94 bits per heavy atom. The minimum absolute atomic E-state index is 0.00500. The molecule has 17 heavy (non-hydrogen) atoms. The SMILES string of the molecule is CCc1nc(SC)[nH]c(=O)c1Cc1cccs1. The molecule has 0 radical (unpaired) electrons. The summed E-state index contributed by atoms with van der Waals surface area (Å²) in [5, 5.41) is 2.72. The number of aryl methyl sites for hydroxylation is 1. The fourth-order valence-corrected chi connectivity index (χ4v) is 2.79. The van der Waals surface area contributed by atoms with Gasteiger partial charge >= 0.3 is 0 Å². The summed E-state index contributed by atoms with van der Waals surface area (Å²) >= 11 is 3.13. The maximum absolute atomic E-state index is 12.0. The third kappa shape index (κ3) is 2.79. The van der Waals surface area contributed by atoms with Gasteiger partial charge in [0.1, 0.15) is 0 Å². The van der Waals surface area contributed by atoms with E-state index in [0.29, 0.717) is 11.6 Å². The van der Waals surface area contributed by atoms with Crippen LogP contribution in [0.2, 0.25) is 0 Å². The molecule has 0 aromatic carbocycles. The van der Waals surface area contributed by atoms with Gasteiger partial charge in [0, 0.05) is 16.9 Å². The summed E-state index contributed by atoms with van der Waals surface area (Å²) in [6, 6.07) is 4.05. The number of aromatic nitrogens is 2. The van der Waals surface area contributed by atoms with Crippen molar-refractivity contribution < 1.29 is 0 Å². The zero-order valence-electron chi connectivity index (χ0n) is 9.82. The Balaban J connectivity index is 2.42. The van der Waals surface area contributed by atoms with Gasteiger partial charge in [0.2, 0.25) is 0 Å². The van der Waals surface area contributed by atoms with Gasteiger partial charge in [0.05, 0.1) is 5.69 Å². The van der Waals surface area contributed by atoms with E-state index in [1.54, 1.807) is 11.3 Å². The number of aromatic amines is 1. The van der Waals surface area contributed by atoms with E-state index < -0.39 is 0 Å². The van der Waals surface area contributed by atoms with Crippen LogP contribution in [-0.4, -0.2) is 16.2 Å². The van der Waals surface area contributed by atoms with Crippen LogP contribution < -0.4 is 5.56 Å². The molecule has 3 nitrogen and oxygen atoms in total. The van der Waals surface area contributed by atoms with Gasteiger partial charge in [-0.05, 0) is 24.1 Å². The Kier molecular flexibility index (Phi) is 4.02. The van der Waals surface area contributed by atoms with E-state index in [2.05, 4.69) is 9.97 Å². The lowest BCUT2D eigenvalue weighted by molar-refractivity contribution is 0.835. The fourth-order valence-electron chi connectivity index (χ4n) is 1.68. The molecule has 0 unspecified atom stereocenters. The van der Waals surface area contributed by atoms with Crippen LogP contribution in [0, 0.1) is 0 Å². The van der Waals surface area contributed by atoms with Crippen LogP contribution in [0.4, 0.5) is 0 Å². The highest BCUT2D eigenvalue weighted by atomic mass is 32.2. The smallest absolute Gasteiger partial charge is 0.255 e. The first-order valence-electron chi connectivity index (χ1n) is 5.43. The van der Waals surface area contributed by atoms with Gasteiger partial charge in [0.15, 0.2) is 5.16 Å². The average molecular weight is 266 g/mol. The molecule has 0 aliphatic heterocycles. The molecule has 2 aromatic rings. The number of thioether (sulfide) groups is 1. The molecule has 90 valence electrons. The normalized spacial score (nSPS) is 10.7. The Morgan fingerprint density at radius 2 is 2.35 bits per heavy atom. The van der Waals surface area contributed by atoms with Crippen molar-refractivity contribution in [2.45, 2.75) is 24.9 Å². The highest BCUT2D eigenvalue weighted by Crippen LogP contribution is 2.16. The second kappa shape index (κ2) is 5.51. The lowest BCUT2D eigenvalue weighted by Gasteiger charge is -2.06. The number of hydrogen-bond acceptors (Lipinski definition) is 4. The molecule has 0 spiro atoms. The zero-order chi connectivity index (χ0) is 12.3. The number of nitrogens with zero attached hydrogens (tertiary/aromatic N) is 1. The van der Waals surface area contributed by atoms with Crippen LogP contribution in [0.3, 0.4) is 0 Å². The maximum Gasteiger partial charge on any atom is 0.255 e. The molecule has 0 saturated carbocycles. The molecule has 0 atom stereocenters. The number of hydrogen-bond donors (Lipinski definition) is 1.